The third kappa shape index (κ3) is 2.18. The Labute approximate surface area is 93.9 Å². The first-order valence-electron chi connectivity index (χ1n) is 4.11. The molecule has 4 heteroatoms. The highest BCUT2D eigenvalue weighted by Gasteiger charge is 2.37. The van der Waals surface area contributed by atoms with Crippen molar-refractivity contribution in [3.63, 3.8) is 0 Å². The highest BCUT2D eigenvalue weighted by atomic mass is 79.9. The van der Waals surface area contributed by atoms with Gasteiger partial charge >= 0.3 is 0 Å². The molecule has 3 fully saturated rings. The van der Waals surface area contributed by atoms with Crippen LogP contribution in [0.1, 0.15) is 32.1 Å². The van der Waals surface area contributed by atoms with Gasteiger partial charge in [0.2, 0.25) is 0 Å². The van der Waals surface area contributed by atoms with Crippen molar-refractivity contribution in [1.29, 1.82) is 0 Å². The highest BCUT2D eigenvalue weighted by Crippen LogP contribution is 2.38. The van der Waals surface area contributed by atoms with Gasteiger partial charge in [0.05, 0.1) is 5.92 Å². The fourth-order valence-corrected chi connectivity index (χ4v) is 2.28. The molecule has 0 saturated heterocycles. The Morgan fingerprint density at radius 3 is 1.92 bits per heavy atom. The van der Waals surface area contributed by atoms with Crippen molar-refractivity contribution >= 4 is 39.7 Å². The fraction of sp³-hybridized carbons (Fsp3) is 0.875. The SMILES string of the molecule is Br.Br.[N-]=[N+]=C1CC2CCC1CC2. The molecule has 0 N–H and O–H groups in total. The molecule has 0 unspecified atom stereocenters. The lowest BCUT2D eigenvalue weighted by Gasteiger charge is -2.31. The predicted octanol–water partition coefficient (Wildman–Crippen LogP) is 3.02. The van der Waals surface area contributed by atoms with Gasteiger partial charge in [-0.3, -0.25) is 0 Å². The van der Waals surface area contributed by atoms with Crippen LogP contribution in [0.2, 0.25) is 0 Å². The summed E-state index contributed by atoms with van der Waals surface area (Å²) in [7, 11) is 0. The summed E-state index contributed by atoms with van der Waals surface area (Å²) >= 11 is 0. The van der Waals surface area contributed by atoms with Crippen molar-refractivity contribution < 1.29 is 4.79 Å². The number of rotatable bonds is 0. The molecule has 3 rings (SSSR count). The van der Waals surface area contributed by atoms with Crippen LogP contribution >= 0.6 is 34.0 Å². The first-order valence-corrected chi connectivity index (χ1v) is 4.11. The summed E-state index contributed by atoms with van der Waals surface area (Å²) < 4.78 is 0. The molecule has 0 radical (unpaired) electrons. The first kappa shape index (κ1) is 12.3. The van der Waals surface area contributed by atoms with E-state index >= 15 is 0 Å². The van der Waals surface area contributed by atoms with E-state index in [4.69, 9.17) is 5.53 Å². The Hall–Kier alpha value is 0.340. The summed E-state index contributed by atoms with van der Waals surface area (Å²) in [6, 6.07) is 0. The molecule has 3 aliphatic carbocycles. The molecule has 0 atom stereocenters. The molecule has 3 saturated carbocycles. The molecule has 0 spiro atoms. The van der Waals surface area contributed by atoms with Crippen LogP contribution in [0.15, 0.2) is 0 Å². The minimum Gasteiger partial charge on any atom is -0.362 e. The van der Waals surface area contributed by atoms with Gasteiger partial charge < -0.3 is 5.53 Å². The summed E-state index contributed by atoms with van der Waals surface area (Å²) in [6.45, 7) is 0. The zero-order chi connectivity index (χ0) is 6.97. The first-order chi connectivity index (χ1) is 4.90. The molecule has 0 aromatic heterocycles. The molecular formula is C8H14Br2N2. The van der Waals surface area contributed by atoms with Crippen LogP contribution in [-0.4, -0.2) is 10.5 Å². The van der Waals surface area contributed by atoms with Crippen molar-refractivity contribution in [1.82, 2.24) is 0 Å². The normalized spacial score (nSPS) is 31.5. The van der Waals surface area contributed by atoms with Crippen LogP contribution < -0.4 is 0 Å². The smallest absolute Gasteiger partial charge is 0.272 e. The van der Waals surface area contributed by atoms with Crippen LogP contribution in [0.5, 0.6) is 0 Å². The standard InChI is InChI=1S/C8H12N2.2BrH/c9-10-8-5-6-1-3-7(8)4-2-6;;/h6-7H,1-5H2;2*1H. The maximum Gasteiger partial charge on any atom is 0.272 e. The summed E-state index contributed by atoms with van der Waals surface area (Å²) in [4.78, 5) is 3.35. The average molecular weight is 298 g/mol. The minimum absolute atomic E-state index is 0. The summed E-state index contributed by atoms with van der Waals surface area (Å²) in [6.07, 6.45) is 6.34. The largest absolute Gasteiger partial charge is 0.362 e. The Morgan fingerprint density at radius 1 is 1.08 bits per heavy atom. The van der Waals surface area contributed by atoms with Gasteiger partial charge in [-0.15, -0.1) is 34.0 Å². The van der Waals surface area contributed by atoms with Crippen molar-refractivity contribution in [3.8, 4) is 0 Å². The van der Waals surface area contributed by atoms with E-state index in [2.05, 4.69) is 4.79 Å². The molecule has 70 valence electrons. The Bertz CT molecular complexity index is 191. The van der Waals surface area contributed by atoms with Crippen molar-refractivity contribution in [3.05, 3.63) is 5.53 Å². The second-order valence-electron chi connectivity index (χ2n) is 3.51. The van der Waals surface area contributed by atoms with Crippen LogP contribution in [-0.2, 0) is 0 Å². The summed E-state index contributed by atoms with van der Waals surface area (Å²) in [5.74, 6) is 1.48. The Balaban J connectivity index is 0.000000605. The number of halogens is 2. The van der Waals surface area contributed by atoms with Crippen LogP contribution in [0.3, 0.4) is 0 Å². The van der Waals surface area contributed by atoms with Gasteiger partial charge in [-0.05, 0) is 31.6 Å². The quantitative estimate of drug-likeness (QED) is 0.487. The third-order valence-corrected chi connectivity index (χ3v) is 2.94. The van der Waals surface area contributed by atoms with E-state index in [1.165, 1.54) is 25.7 Å². The van der Waals surface area contributed by atoms with E-state index in [1.54, 1.807) is 0 Å². The zero-order valence-electron chi connectivity index (χ0n) is 6.90. The molecule has 0 aromatic rings. The zero-order valence-corrected chi connectivity index (χ0v) is 10.3. The average Bonchev–Trinajstić information content (AvgIpc) is 2.06. The second-order valence-corrected chi connectivity index (χ2v) is 3.51. The van der Waals surface area contributed by atoms with E-state index < -0.39 is 0 Å². The molecule has 0 aromatic carbocycles. The number of hydrogen-bond donors (Lipinski definition) is 0. The predicted molar refractivity (Wildman–Crippen MR) is 59.3 cm³/mol. The van der Waals surface area contributed by atoms with Crippen LogP contribution in [0.25, 0.3) is 5.53 Å². The van der Waals surface area contributed by atoms with Gasteiger partial charge in [0.1, 0.15) is 0 Å². The molecule has 2 bridgehead atoms. The van der Waals surface area contributed by atoms with E-state index in [0.29, 0.717) is 5.92 Å². The maximum atomic E-state index is 8.60. The fourth-order valence-electron chi connectivity index (χ4n) is 2.28. The van der Waals surface area contributed by atoms with Crippen molar-refractivity contribution in [2.75, 3.05) is 0 Å². The lowest BCUT2D eigenvalue weighted by atomic mass is 9.70. The highest BCUT2D eigenvalue weighted by molar-refractivity contribution is 8.93. The Morgan fingerprint density at radius 2 is 1.67 bits per heavy atom. The third-order valence-electron chi connectivity index (χ3n) is 2.94. The molecule has 2 nitrogen and oxygen atoms in total. The van der Waals surface area contributed by atoms with E-state index in [-0.39, 0.29) is 34.0 Å². The van der Waals surface area contributed by atoms with E-state index in [9.17, 15) is 0 Å². The number of fused-ring (bicyclic) bond motifs is 3. The van der Waals surface area contributed by atoms with E-state index in [0.717, 1.165) is 18.1 Å². The molecular weight excluding hydrogens is 284 g/mol. The molecule has 0 heterocycles. The Kier molecular flexibility index (Phi) is 5.30. The lowest BCUT2D eigenvalue weighted by Crippen LogP contribution is -2.31. The van der Waals surface area contributed by atoms with Crippen LogP contribution in [0, 0.1) is 11.8 Å². The number of hydrogen-bond acceptors (Lipinski definition) is 0. The van der Waals surface area contributed by atoms with Gasteiger partial charge in [0.25, 0.3) is 5.71 Å². The molecule has 12 heavy (non-hydrogen) atoms. The van der Waals surface area contributed by atoms with Gasteiger partial charge in [0.15, 0.2) is 0 Å². The summed E-state index contributed by atoms with van der Waals surface area (Å²) in [5, 5.41) is 0. The molecule has 0 amide bonds. The minimum atomic E-state index is 0. The van der Waals surface area contributed by atoms with Crippen molar-refractivity contribution in [2.24, 2.45) is 11.8 Å². The van der Waals surface area contributed by atoms with Crippen LogP contribution in [0.4, 0.5) is 0 Å². The summed E-state index contributed by atoms with van der Waals surface area (Å²) in [5.41, 5.74) is 9.67. The maximum absolute atomic E-state index is 8.60. The monoisotopic (exact) mass is 296 g/mol. The second kappa shape index (κ2) is 5.15. The van der Waals surface area contributed by atoms with E-state index in [1.807, 2.05) is 0 Å². The molecule has 3 aliphatic rings. The topological polar surface area (TPSA) is 36.4 Å². The van der Waals surface area contributed by atoms with Gasteiger partial charge in [0, 0.05) is 6.42 Å². The van der Waals surface area contributed by atoms with Gasteiger partial charge in [-0.25, -0.2) is 0 Å². The molecule has 0 aliphatic heterocycles. The van der Waals surface area contributed by atoms with Crippen molar-refractivity contribution in [2.45, 2.75) is 32.1 Å². The number of nitrogens with zero attached hydrogens (tertiary/aromatic N) is 2. The lowest BCUT2D eigenvalue weighted by molar-refractivity contribution is -0.0262. The van der Waals surface area contributed by atoms with Gasteiger partial charge in [-0.2, -0.15) is 4.79 Å². The van der Waals surface area contributed by atoms with Gasteiger partial charge in [-0.1, -0.05) is 0 Å².